The number of nitrogens with one attached hydrogen (secondary N) is 1. The van der Waals surface area contributed by atoms with E-state index in [-0.39, 0.29) is 30.0 Å². The highest BCUT2D eigenvalue weighted by atomic mass is 32.1. The monoisotopic (exact) mass is 334 g/mol. The zero-order chi connectivity index (χ0) is 17.0. The lowest BCUT2D eigenvalue weighted by atomic mass is 10.2. The molecule has 1 atom stereocenters. The van der Waals surface area contributed by atoms with E-state index in [1.54, 1.807) is 24.6 Å². The topological polar surface area (TPSA) is 77.4 Å². The first-order valence-corrected chi connectivity index (χ1v) is 7.93. The van der Waals surface area contributed by atoms with Crippen LogP contribution in [0.15, 0.2) is 29.8 Å². The van der Waals surface area contributed by atoms with Crippen LogP contribution in [0.4, 0.5) is 0 Å². The maximum absolute atomic E-state index is 12.0. The number of esters is 1. The number of aryl methyl sites for hydroxylation is 1. The number of rotatable bonds is 6. The number of Topliss-reactive ketones (excluding diaryl/α,β-unsaturated/α-hetero) is 1. The molecule has 0 aliphatic carbocycles. The second kappa shape index (κ2) is 7.23. The highest BCUT2D eigenvalue weighted by molar-refractivity contribution is 7.10. The van der Waals surface area contributed by atoms with Crippen molar-refractivity contribution in [2.75, 3.05) is 6.61 Å². The van der Waals surface area contributed by atoms with E-state index in [4.69, 9.17) is 4.74 Å². The first-order valence-electron chi connectivity index (χ1n) is 7.05. The second-order valence-electron chi connectivity index (χ2n) is 5.16. The van der Waals surface area contributed by atoms with E-state index in [2.05, 4.69) is 5.32 Å². The Hall–Kier alpha value is -2.41. The predicted molar refractivity (Wildman–Crippen MR) is 86.6 cm³/mol. The highest BCUT2D eigenvalue weighted by Crippen LogP contribution is 2.17. The number of hydrogen-bond acceptors (Lipinski definition) is 5. The number of aromatic nitrogens is 1. The van der Waals surface area contributed by atoms with Gasteiger partial charge in [-0.3, -0.25) is 9.59 Å². The Morgan fingerprint density at radius 2 is 2.13 bits per heavy atom. The highest BCUT2D eigenvalue weighted by Gasteiger charge is 2.17. The average Bonchev–Trinajstić information content (AvgIpc) is 3.14. The lowest BCUT2D eigenvalue weighted by Gasteiger charge is -2.12. The van der Waals surface area contributed by atoms with Gasteiger partial charge in [0.15, 0.2) is 12.4 Å². The zero-order valence-electron chi connectivity index (χ0n) is 13.2. The minimum atomic E-state index is -0.640. The number of nitrogens with zero attached hydrogens (tertiary/aromatic N) is 1. The summed E-state index contributed by atoms with van der Waals surface area (Å²) in [5.41, 5.74) is 0.657. The van der Waals surface area contributed by atoms with Crippen LogP contribution in [0.1, 0.15) is 45.6 Å². The number of amides is 1. The summed E-state index contributed by atoms with van der Waals surface area (Å²) in [7, 11) is 1.64. The SMILES string of the molecule is CC(=O)c1cc(C(=O)OCC(=O)N[C@H](C)c2cccs2)n(C)c1. The summed E-state index contributed by atoms with van der Waals surface area (Å²) in [5, 5.41) is 4.69. The minimum absolute atomic E-state index is 0.137. The molecule has 1 N–H and O–H groups in total. The molecule has 0 radical (unpaired) electrons. The first kappa shape index (κ1) is 17.0. The summed E-state index contributed by atoms with van der Waals surface area (Å²) in [6.07, 6.45) is 1.55. The van der Waals surface area contributed by atoms with Crippen LogP contribution in [0, 0.1) is 0 Å². The Kier molecular flexibility index (Phi) is 5.33. The van der Waals surface area contributed by atoms with E-state index >= 15 is 0 Å². The van der Waals surface area contributed by atoms with Crippen LogP contribution in [-0.2, 0) is 16.6 Å². The second-order valence-corrected chi connectivity index (χ2v) is 6.14. The largest absolute Gasteiger partial charge is 0.451 e. The molecule has 0 aliphatic heterocycles. The van der Waals surface area contributed by atoms with Crippen LogP contribution in [0.25, 0.3) is 0 Å². The molecular formula is C16H18N2O4S. The molecule has 23 heavy (non-hydrogen) atoms. The van der Waals surface area contributed by atoms with E-state index in [9.17, 15) is 14.4 Å². The maximum atomic E-state index is 12.0. The summed E-state index contributed by atoms with van der Waals surface area (Å²) >= 11 is 1.54. The van der Waals surface area contributed by atoms with Gasteiger partial charge in [-0.25, -0.2) is 4.79 Å². The quantitative estimate of drug-likeness (QED) is 0.650. The Morgan fingerprint density at radius 3 is 2.70 bits per heavy atom. The van der Waals surface area contributed by atoms with Crippen molar-refractivity contribution >= 4 is 29.0 Å². The van der Waals surface area contributed by atoms with Crippen LogP contribution in [0.2, 0.25) is 0 Å². The lowest BCUT2D eigenvalue weighted by Crippen LogP contribution is -2.31. The predicted octanol–water partition coefficient (Wildman–Crippen LogP) is 2.32. The van der Waals surface area contributed by atoms with Crippen molar-refractivity contribution in [1.29, 1.82) is 0 Å². The Balaban J connectivity index is 1.89. The molecule has 2 aromatic rings. The minimum Gasteiger partial charge on any atom is -0.451 e. The number of carbonyl (C=O) groups excluding carboxylic acids is 3. The van der Waals surface area contributed by atoms with E-state index in [0.29, 0.717) is 5.56 Å². The summed E-state index contributed by atoms with van der Waals surface area (Å²) < 4.78 is 6.51. The summed E-state index contributed by atoms with van der Waals surface area (Å²) in [6, 6.07) is 5.15. The Bertz CT molecular complexity index is 719. The number of ketones is 1. The smallest absolute Gasteiger partial charge is 0.355 e. The lowest BCUT2D eigenvalue weighted by molar-refractivity contribution is -0.124. The van der Waals surface area contributed by atoms with Crippen molar-refractivity contribution in [3.05, 3.63) is 45.9 Å². The van der Waals surface area contributed by atoms with Crippen molar-refractivity contribution < 1.29 is 19.1 Å². The van der Waals surface area contributed by atoms with Crippen molar-refractivity contribution in [2.45, 2.75) is 19.9 Å². The third kappa shape index (κ3) is 4.29. The molecule has 6 nitrogen and oxygen atoms in total. The normalized spacial score (nSPS) is 11.8. The molecule has 0 unspecified atom stereocenters. The van der Waals surface area contributed by atoms with Crippen molar-refractivity contribution in [2.24, 2.45) is 7.05 Å². The number of ether oxygens (including phenoxy) is 1. The molecule has 2 aromatic heterocycles. The molecule has 0 bridgehead atoms. The molecule has 0 fully saturated rings. The van der Waals surface area contributed by atoms with Crippen LogP contribution < -0.4 is 5.32 Å². The molecule has 2 rings (SSSR count). The number of carbonyl (C=O) groups is 3. The summed E-state index contributed by atoms with van der Waals surface area (Å²) in [5.74, 6) is -1.15. The van der Waals surface area contributed by atoms with E-state index in [0.717, 1.165) is 4.88 Å². The molecule has 122 valence electrons. The van der Waals surface area contributed by atoms with Gasteiger partial charge in [-0.15, -0.1) is 11.3 Å². The molecule has 0 aliphatic rings. The van der Waals surface area contributed by atoms with Crippen molar-refractivity contribution in [3.8, 4) is 0 Å². The van der Waals surface area contributed by atoms with Crippen LogP contribution in [0.3, 0.4) is 0 Å². The van der Waals surface area contributed by atoms with Gasteiger partial charge in [0.05, 0.1) is 6.04 Å². The Labute approximate surface area is 138 Å². The van der Waals surface area contributed by atoms with Crippen molar-refractivity contribution in [3.63, 3.8) is 0 Å². The summed E-state index contributed by atoms with van der Waals surface area (Å²) in [6.45, 7) is 2.92. The van der Waals surface area contributed by atoms with E-state index in [1.165, 1.54) is 17.6 Å². The van der Waals surface area contributed by atoms with Crippen molar-refractivity contribution in [1.82, 2.24) is 9.88 Å². The van der Waals surface area contributed by atoms with Crippen LogP contribution in [-0.4, -0.2) is 28.8 Å². The molecule has 0 saturated heterocycles. The van der Waals surface area contributed by atoms with Gasteiger partial charge in [0.25, 0.3) is 5.91 Å². The zero-order valence-corrected chi connectivity index (χ0v) is 14.0. The number of hydrogen-bond donors (Lipinski definition) is 1. The fraction of sp³-hybridized carbons (Fsp3) is 0.312. The number of thiophene rings is 1. The van der Waals surface area contributed by atoms with Gasteiger partial charge in [-0.05, 0) is 31.4 Å². The fourth-order valence-electron chi connectivity index (χ4n) is 2.06. The maximum Gasteiger partial charge on any atom is 0.355 e. The van der Waals surface area contributed by atoms with Gasteiger partial charge >= 0.3 is 5.97 Å². The van der Waals surface area contributed by atoms with Gasteiger partial charge in [-0.1, -0.05) is 6.07 Å². The van der Waals surface area contributed by atoms with Gasteiger partial charge in [0.2, 0.25) is 0 Å². The summed E-state index contributed by atoms with van der Waals surface area (Å²) in [4.78, 5) is 36.2. The standard InChI is InChI=1S/C16H18N2O4S/c1-10(14-5-4-6-23-14)17-15(20)9-22-16(21)13-7-12(11(2)19)8-18(13)3/h4-8,10H,9H2,1-3H3,(H,17,20)/t10-/m1/s1. The molecular weight excluding hydrogens is 316 g/mol. The van der Waals surface area contributed by atoms with Gasteiger partial charge < -0.3 is 14.6 Å². The Morgan fingerprint density at radius 1 is 1.39 bits per heavy atom. The molecule has 0 spiro atoms. The van der Waals surface area contributed by atoms with E-state index in [1.807, 2.05) is 24.4 Å². The van der Waals surface area contributed by atoms with Crippen LogP contribution in [0.5, 0.6) is 0 Å². The van der Waals surface area contributed by atoms with E-state index < -0.39 is 5.97 Å². The fourth-order valence-corrected chi connectivity index (χ4v) is 2.79. The third-order valence-corrected chi connectivity index (χ3v) is 4.36. The van der Waals surface area contributed by atoms with Crippen LogP contribution >= 0.6 is 11.3 Å². The molecule has 7 heteroatoms. The first-order chi connectivity index (χ1) is 10.9. The third-order valence-electron chi connectivity index (χ3n) is 3.30. The van der Waals surface area contributed by atoms with Gasteiger partial charge in [0.1, 0.15) is 5.69 Å². The molecule has 1 amide bonds. The molecule has 2 heterocycles. The average molecular weight is 334 g/mol. The molecule has 0 aromatic carbocycles. The molecule has 0 saturated carbocycles. The van der Waals surface area contributed by atoms with Gasteiger partial charge in [0, 0.05) is 23.7 Å². The van der Waals surface area contributed by atoms with Gasteiger partial charge in [-0.2, -0.15) is 0 Å².